The molecule has 2 aliphatic rings. The standard InChI is InChI=1S/C23H27NO4/c1-27-21-12-5-9-18(13-21)23(26)14-19-10-6-11-20(15-23)24(19)22(25)28-16-17-7-3-2-4-8-17/h2-5,7-9,12-13,19-20,26H,6,10-11,14-16H2,1H3. The van der Waals surface area contributed by atoms with Gasteiger partial charge < -0.3 is 19.5 Å². The van der Waals surface area contributed by atoms with Crippen LogP contribution in [0.5, 0.6) is 5.75 Å². The minimum atomic E-state index is -0.944. The van der Waals surface area contributed by atoms with Crippen LogP contribution in [0.1, 0.15) is 43.2 Å². The number of hydrogen-bond acceptors (Lipinski definition) is 4. The number of carbonyl (C=O) groups is 1. The second kappa shape index (κ2) is 7.84. The molecule has 0 aromatic heterocycles. The van der Waals surface area contributed by atoms with Gasteiger partial charge in [-0.2, -0.15) is 0 Å². The summed E-state index contributed by atoms with van der Waals surface area (Å²) < 4.78 is 10.9. The molecule has 0 spiro atoms. The number of carbonyl (C=O) groups excluding carboxylic acids is 1. The summed E-state index contributed by atoms with van der Waals surface area (Å²) in [6, 6.07) is 17.3. The number of piperidine rings is 2. The Bertz CT molecular complexity index is 808. The summed E-state index contributed by atoms with van der Waals surface area (Å²) in [5.41, 5.74) is 0.896. The third-order valence-electron chi connectivity index (χ3n) is 6.03. The van der Waals surface area contributed by atoms with Gasteiger partial charge in [0.15, 0.2) is 0 Å². The van der Waals surface area contributed by atoms with Crippen molar-refractivity contribution in [3.63, 3.8) is 0 Å². The van der Waals surface area contributed by atoms with Gasteiger partial charge in [0, 0.05) is 24.9 Å². The average molecular weight is 381 g/mol. The van der Waals surface area contributed by atoms with Crippen molar-refractivity contribution < 1.29 is 19.4 Å². The fourth-order valence-corrected chi connectivity index (χ4v) is 4.67. The molecule has 148 valence electrons. The fraction of sp³-hybridized carbons (Fsp3) is 0.435. The SMILES string of the molecule is COc1cccc(C2(O)CC3CCCC(C2)N3C(=O)OCc2ccccc2)c1. The molecule has 2 aromatic carbocycles. The number of amides is 1. The molecular formula is C23H27NO4. The Morgan fingerprint density at radius 2 is 1.82 bits per heavy atom. The molecule has 2 fully saturated rings. The van der Waals surface area contributed by atoms with Gasteiger partial charge in [-0.1, -0.05) is 42.5 Å². The zero-order chi connectivity index (χ0) is 19.6. The first-order valence-corrected chi connectivity index (χ1v) is 9.95. The lowest BCUT2D eigenvalue weighted by molar-refractivity contribution is -0.0897. The van der Waals surface area contributed by atoms with Crippen molar-refractivity contribution in [1.29, 1.82) is 0 Å². The largest absolute Gasteiger partial charge is 0.497 e. The molecule has 1 N–H and O–H groups in total. The summed E-state index contributed by atoms with van der Waals surface area (Å²) in [5.74, 6) is 0.737. The summed E-state index contributed by atoms with van der Waals surface area (Å²) in [5, 5.41) is 11.4. The Morgan fingerprint density at radius 1 is 1.11 bits per heavy atom. The molecule has 0 aliphatic carbocycles. The summed E-state index contributed by atoms with van der Waals surface area (Å²) in [4.78, 5) is 14.7. The van der Waals surface area contributed by atoms with E-state index in [1.165, 1.54) is 0 Å². The van der Waals surface area contributed by atoms with Gasteiger partial charge in [0.25, 0.3) is 0 Å². The number of benzene rings is 2. The van der Waals surface area contributed by atoms with E-state index in [9.17, 15) is 9.90 Å². The monoisotopic (exact) mass is 381 g/mol. The molecule has 1 amide bonds. The molecular weight excluding hydrogens is 354 g/mol. The van der Waals surface area contributed by atoms with Crippen molar-refractivity contribution in [3.05, 3.63) is 65.7 Å². The first-order valence-electron chi connectivity index (χ1n) is 9.95. The molecule has 2 bridgehead atoms. The molecule has 28 heavy (non-hydrogen) atoms. The topological polar surface area (TPSA) is 59.0 Å². The van der Waals surface area contributed by atoms with Crippen molar-refractivity contribution in [2.75, 3.05) is 7.11 Å². The first-order chi connectivity index (χ1) is 13.6. The molecule has 5 nitrogen and oxygen atoms in total. The lowest BCUT2D eigenvalue weighted by atomic mass is 9.72. The molecule has 2 heterocycles. The summed E-state index contributed by atoms with van der Waals surface area (Å²) in [6.45, 7) is 0.274. The normalized spacial score (nSPS) is 26.6. The van der Waals surface area contributed by atoms with Crippen LogP contribution in [-0.2, 0) is 16.9 Å². The summed E-state index contributed by atoms with van der Waals surface area (Å²) in [7, 11) is 1.63. The minimum absolute atomic E-state index is 0.00743. The Hall–Kier alpha value is -2.53. The quantitative estimate of drug-likeness (QED) is 0.861. The van der Waals surface area contributed by atoms with Crippen molar-refractivity contribution in [2.45, 2.75) is 56.4 Å². The summed E-state index contributed by atoms with van der Waals surface area (Å²) in [6.07, 6.45) is 3.64. The zero-order valence-corrected chi connectivity index (χ0v) is 16.2. The number of nitrogens with zero attached hydrogens (tertiary/aromatic N) is 1. The number of hydrogen-bond donors (Lipinski definition) is 1. The lowest BCUT2D eigenvalue weighted by Gasteiger charge is -2.51. The van der Waals surface area contributed by atoms with Gasteiger partial charge in [0.05, 0.1) is 12.7 Å². The van der Waals surface area contributed by atoms with E-state index >= 15 is 0 Å². The minimum Gasteiger partial charge on any atom is -0.497 e. The molecule has 2 aromatic rings. The fourth-order valence-electron chi connectivity index (χ4n) is 4.67. The highest BCUT2D eigenvalue weighted by molar-refractivity contribution is 5.69. The van der Waals surface area contributed by atoms with E-state index in [-0.39, 0.29) is 24.8 Å². The average Bonchev–Trinajstić information content (AvgIpc) is 2.72. The van der Waals surface area contributed by atoms with Gasteiger partial charge in [-0.3, -0.25) is 0 Å². The number of aliphatic hydroxyl groups is 1. The van der Waals surface area contributed by atoms with Crippen LogP contribution in [-0.4, -0.2) is 35.3 Å². The molecule has 2 unspecified atom stereocenters. The predicted molar refractivity (Wildman–Crippen MR) is 106 cm³/mol. The molecule has 4 rings (SSSR count). The van der Waals surface area contributed by atoms with Gasteiger partial charge in [-0.15, -0.1) is 0 Å². The smallest absolute Gasteiger partial charge is 0.410 e. The van der Waals surface area contributed by atoms with E-state index < -0.39 is 5.60 Å². The van der Waals surface area contributed by atoms with Crippen molar-refractivity contribution in [2.24, 2.45) is 0 Å². The Kier molecular flexibility index (Phi) is 5.27. The van der Waals surface area contributed by atoms with Crippen molar-refractivity contribution >= 4 is 6.09 Å². The van der Waals surface area contributed by atoms with Gasteiger partial charge in [-0.05, 0) is 42.5 Å². The highest BCUT2D eigenvalue weighted by atomic mass is 16.6. The summed E-state index contributed by atoms with van der Waals surface area (Å²) >= 11 is 0. The Balaban J connectivity index is 1.49. The molecule has 0 saturated carbocycles. The number of ether oxygens (including phenoxy) is 2. The second-order valence-electron chi connectivity index (χ2n) is 7.86. The van der Waals surface area contributed by atoms with Crippen molar-refractivity contribution in [1.82, 2.24) is 4.90 Å². The number of methoxy groups -OCH3 is 1. The van der Waals surface area contributed by atoms with E-state index in [4.69, 9.17) is 9.47 Å². The van der Waals surface area contributed by atoms with E-state index in [0.717, 1.165) is 36.1 Å². The van der Waals surface area contributed by atoms with E-state index in [1.807, 2.05) is 59.5 Å². The van der Waals surface area contributed by atoms with Crippen LogP contribution in [0.4, 0.5) is 4.79 Å². The van der Waals surface area contributed by atoms with Crippen LogP contribution in [0.3, 0.4) is 0 Å². The van der Waals surface area contributed by atoms with Crippen LogP contribution in [0.25, 0.3) is 0 Å². The van der Waals surface area contributed by atoms with Crippen molar-refractivity contribution in [3.8, 4) is 5.75 Å². The number of rotatable bonds is 4. The van der Waals surface area contributed by atoms with Crippen LogP contribution in [0.2, 0.25) is 0 Å². The number of fused-ring (bicyclic) bond motifs is 2. The highest BCUT2D eigenvalue weighted by Gasteiger charge is 2.48. The lowest BCUT2D eigenvalue weighted by Crippen LogP contribution is -2.58. The first kappa shape index (κ1) is 18.8. The maximum atomic E-state index is 12.8. The third-order valence-corrected chi connectivity index (χ3v) is 6.03. The van der Waals surface area contributed by atoms with Crippen LogP contribution in [0, 0.1) is 0 Å². The molecule has 2 saturated heterocycles. The van der Waals surface area contributed by atoms with Crippen LogP contribution in [0.15, 0.2) is 54.6 Å². The maximum absolute atomic E-state index is 12.8. The Morgan fingerprint density at radius 3 is 2.50 bits per heavy atom. The maximum Gasteiger partial charge on any atom is 0.410 e. The van der Waals surface area contributed by atoms with Gasteiger partial charge in [0.2, 0.25) is 0 Å². The van der Waals surface area contributed by atoms with E-state index in [2.05, 4.69) is 0 Å². The van der Waals surface area contributed by atoms with Gasteiger partial charge in [-0.25, -0.2) is 4.79 Å². The molecule has 2 atom stereocenters. The molecule has 2 aliphatic heterocycles. The van der Waals surface area contributed by atoms with Crippen LogP contribution >= 0.6 is 0 Å². The van der Waals surface area contributed by atoms with Gasteiger partial charge >= 0.3 is 6.09 Å². The third kappa shape index (κ3) is 3.72. The Labute approximate surface area is 165 Å². The molecule has 5 heteroatoms. The van der Waals surface area contributed by atoms with Crippen LogP contribution < -0.4 is 4.74 Å². The van der Waals surface area contributed by atoms with E-state index in [0.29, 0.717) is 12.8 Å². The predicted octanol–water partition coefficient (Wildman–Crippen LogP) is 4.24. The highest BCUT2D eigenvalue weighted by Crippen LogP contribution is 2.45. The zero-order valence-electron chi connectivity index (χ0n) is 16.2. The second-order valence-corrected chi connectivity index (χ2v) is 7.86. The molecule has 0 radical (unpaired) electrons. The van der Waals surface area contributed by atoms with Gasteiger partial charge in [0.1, 0.15) is 12.4 Å². The van der Waals surface area contributed by atoms with E-state index in [1.54, 1.807) is 7.11 Å².